The van der Waals surface area contributed by atoms with Gasteiger partial charge in [-0.1, -0.05) is 11.8 Å². The molecule has 9 nitrogen and oxygen atoms in total. The molecular formula is C15H16N4O5S. The molecule has 1 aliphatic heterocycles. The van der Waals surface area contributed by atoms with Gasteiger partial charge in [0.05, 0.1) is 20.0 Å². The van der Waals surface area contributed by atoms with Gasteiger partial charge < -0.3 is 19.2 Å². The van der Waals surface area contributed by atoms with Gasteiger partial charge in [0.1, 0.15) is 0 Å². The molecule has 1 fully saturated rings. The fourth-order valence-corrected chi connectivity index (χ4v) is 2.90. The Bertz CT molecular complexity index is 794. The van der Waals surface area contributed by atoms with Gasteiger partial charge in [0.2, 0.25) is 11.8 Å². The summed E-state index contributed by atoms with van der Waals surface area (Å²) in [5.41, 5.74) is 0.669. The number of thioether (sulfide) groups is 1. The van der Waals surface area contributed by atoms with Crippen molar-refractivity contribution >= 4 is 23.7 Å². The number of rotatable bonds is 6. The number of carbonyl (C=O) groups excluding carboxylic acids is 2. The Morgan fingerprint density at radius 3 is 2.80 bits per heavy atom. The van der Waals surface area contributed by atoms with Crippen LogP contribution in [0.2, 0.25) is 0 Å². The van der Waals surface area contributed by atoms with Crippen molar-refractivity contribution < 1.29 is 23.5 Å². The highest BCUT2D eigenvalue weighted by molar-refractivity contribution is 7.99. The van der Waals surface area contributed by atoms with Crippen molar-refractivity contribution in [3.63, 3.8) is 0 Å². The molecule has 2 aromatic rings. The number of benzene rings is 1. The summed E-state index contributed by atoms with van der Waals surface area (Å²) in [6, 6.07) is 4.85. The van der Waals surface area contributed by atoms with Gasteiger partial charge >= 0.3 is 6.03 Å². The molecule has 1 N–H and O–H groups in total. The van der Waals surface area contributed by atoms with Gasteiger partial charge in [0, 0.05) is 18.7 Å². The smallest absolute Gasteiger partial charge is 0.324 e. The van der Waals surface area contributed by atoms with Crippen LogP contribution < -0.4 is 14.8 Å². The number of amides is 3. The van der Waals surface area contributed by atoms with E-state index >= 15 is 0 Å². The van der Waals surface area contributed by atoms with E-state index in [1.807, 2.05) is 0 Å². The summed E-state index contributed by atoms with van der Waals surface area (Å²) in [5, 5.41) is 10.7. The summed E-state index contributed by atoms with van der Waals surface area (Å²) in [5.74, 6) is 1.18. The molecule has 0 bridgehead atoms. The minimum Gasteiger partial charge on any atom is -0.493 e. The third-order valence-electron chi connectivity index (χ3n) is 3.51. The first-order chi connectivity index (χ1) is 12.1. The highest BCUT2D eigenvalue weighted by Gasteiger charge is 2.26. The van der Waals surface area contributed by atoms with E-state index < -0.39 is 0 Å². The lowest BCUT2D eigenvalue weighted by molar-refractivity contribution is -0.124. The molecule has 0 radical (unpaired) electrons. The molecule has 3 rings (SSSR count). The second-order valence-electron chi connectivity index (χ2n) is 5.01. The van der Waals surface area contributed by atoms with Crippen LogP contribution in [0.1, 0.15) is 0 Å². The zero-order chi connectivity index (χ0) is 17.8. The minimum atomic E-state index is -0.373. The lowest BCUT2D eigenvalue weighted by Crippen LogP contribution is -2.35. The van der Waals surface area contributed by atoms with Crippen LogP contribution in [0.3, 0.4) is 0 Å². The molecule has 132 valence electrons. The second-order valence-corrected chi connectivity index (χ2v) is 5.94. The molecule has 0 aliphatic carbocycles. The topological polar surface area (TPSA) is 107 Å². The van der Waals surface area contributed by atoms with Gasteiger partial charge in [-0.3, -0.25) is 9.69 Å². The van der Waals surface area contributed by atoms with Gasteiger partial charge in [0.15, 0.2) is 11.5 Å². The normalized spacial score (nSPS) is 13.7. The van der Waals surface area contributed by atoms with E-state index in [-0.39, 0.29) is 22.9 Å². The van der Waals surface area contributed by atoms with Crippen LogP contribution in [0.4, 0.5) is 4.79 Å². The average molecular weight is 364 g/mol. The lowest BCUT2D eigenvalue weighted by atomic mass is 10.2. The van der Waals surface area contributed by atoms with E-state index in [1.54, 1.807) is 25.3 Å². The van der Waals surface area contributed by atoms with Crippen molar-refractivity contribution in [3.8, 4) is 23.0 Å². The summed E-state index contributed by atoms with van der Waals surface area (Å²) in [7, 11) is 3.09. The summed E-state index contributed by atoms with van der Waals surface area (Å²) in [6.07, 6.45) is 0. The molecule has 1 aromatic heterocycles. The zero-order valence-corrected chi connectivity index (χ0v) is 14.5. The minimum absolute atomic E-state index is 0.0426. The van der Waals surface area contributed by atoms with E-state index in [2.05, 4.69) is 15.5 Å². The largest absolute Gasteiger partial charge is 0.493 e. The van der Waals surface area contributed by atoms with Crippen molar-refractivity contribution in [2.24, 2.45) is 0 Å². The van der Waals surface area contributed by atoms with E-state index in [9.17, 15) is 9.59 Å². The third kappa shape index (κ3) is 3.68. The van der Waals surface area contributed by atoms with Crippen molar-refractivity contribution in [3.05, 3.63) is 18.2 Å². The Balaban J connectivity index is 1.66. The van der Waals surface area contributed by atoms with Crippen molar-refractivity contribution in [2.45, 2.75) is 5.22 Å². The predicted molar refractivity (Wildman–Crippen MR) is 88.7 cm³/mol. The van der Waals surface area contributed by atoms with Crippen molar-refractivity contribution in [1.82, 2.24) is 20.4 Å². The summed E-state index contributed by atoms with van der Waals surface area (Å²) in [4.78, 5) is 24.6. The maximum Gasteiger partial charge on any atom is 0.324 e. The molecule has 3 amide bonds. The fourth-order valence-electron chi connectivity index (χ4n) is 2.26. The molecule has 0 unspecified atom stereocenters. The quantitative estimate of drug-likeness (QED) is 0.767. The Kier molecular flexibility index (Phi) is 5.08. The number of imide groups is 1. The number of nitrogens with one attached hydrogen (secondary N) is 1. The highest BCUT2D eigenvalue weighted by atomic mass is 32.2. The van der Waals surface area contributed by atoms with Gasteiger partial charge in [-0.25, -0.2) is 4.79 Å². The number of urea groups is 1. The second kappa shape index (κ2) is 7.43. The molecule has 0 saturated carbocycles. The lowest BCUT2D eigenvalue weighted by Gasteiger charge is -2.10. The third-order valence-corrected chi connectivity index (χ3v) is 4.32. The molecule has 2 heterocycles. The first kappa shape index (κ1) is 17.1. The zero-order valence-electron chi connectivity index (χ0n) is 13.6. The number of methoxy groups -OCH3 is 2. The highest BCUT2D eigenvalue weighted by Crippen LogP contribution is 2.32. The van der Waals surface area contributed by atoms with E-state index in [0.29, 0.717) is 36.0 Å². The van der Waals surface area contributed by atoms with Crippen LogP contribution in [-0.4, -0.2) is 60.1 Å². The first-order valence-electron chi connectivity index (χ1n) is 7.39. The maximum atomic E-state index is 12.0. The molecule has 1 saturated heterocycles. The summed E-state index contributed by atoms with van der Waals surface area (Å²) >= 11 is 1.08. The molecule has 0 atom stereocenters. The van der Waals surface area contributed by atoms with Crippen molar-refractivity contribution in [1.29, 1.82) is 0 Å². The monoisotopic (exact) mass is 364 g/mol. The number of hydrogen-bond acceptors (Lipinski definition) is 8. The Hall–Kier alpha value is -2.75. The van der Waals surface area contributed by atoms with Gasteiger partial charge in [-0.2, -0.15) is 0 Å². The van der Waals surface area contributed by atoms with Gasteiger partial charge in [-0.05, 0) is 18.2 Å². The van der Waals surface area contributed by atoms with Gasteiger partial charge in [0.25, 0.3) is 5.22 Å². The van der Waals surface area contributed by atoms with Crippen LogP contribution >= 0.6 is 11.8 Å². The number of carbonyl (C=O) groups is 2. The van der Waals surface area contributed by atoms with E-state index in [0.717, 1.165) is 11.8 Å². The van der Waals surface area contributed by atoms with Crippen molar-refractivity contribution in [2.75, 3.05) is 33.1 Å². The van der Waals surface area contributed by atoms with E-state index in [1.165, 1.54) is 12.0 Å². The molecule has 10 heteroatoms. The van der Waals surface area contributed by atoms with Crippen LogP contribution in [0.5, 0.6) is 11.5 Å². The number of aromatic nitrogens is 2. The molecule has 0 spiro atoms. The van der Waals surface area contributed by atoms with Gasteiger partial charge in [-0.15, -0.1) is 10.2 Å². The van der Waals surface area contributed by atoms with Crippen LogP contribution in [0, 0.1) is 0 Å². The van der Waals surface area contributed by atoms with E-state index in [4.69, 9.17) is 13.9 Å². The molecule has 1 aromatic carbocycles. The molecule has 1 aliphatic rings. The summed E-state index contributed by atoms with van der Waals surface area (Å²) in [6.45, 7) is 0.845. The standard InChI is InChI=1S/C15H16N4O5S/c1-22-10-4-3-9(7-11(10)23-2)13-17-18-15(24-13)25-8-12(20)19-6-5-16-14(19)21/h3-4,7H,5-6,8H2,1-2H3,(H,16,21). The first-order valence-corrected chi connectivity index (χ1v) is 8.38. The summed E-state index contributed by atoms with van der Waals surface area (Å²) < 4.78 is 16.0. The number of nitrogens with zero attached hydrogens (tertiary/aromatic N) is 3. The van der Waals surface area contributed by atoms with Crippen LogP contribution in [-0.2, 0) is 4.79 Å². The predicted octanol–water partition coefficient (Wildman–Crippen LogP) is 1.40. The average Bonchev–Trinajstić information content (AvgIpc) is 3.28. The SMILES string of the molecule is COc1ccc(-c2nnc(SCC(=O)N3CCNC3=O)o2)cc1OC. The number of ether oxygens (including phenoxy) is 2. The number of hydrogen-bond donors (Lipinski definition) is 1. The maximum absolute atomic E-state index is 12.0. The van der Waals surface area contributed by atoms with Crippen LogP contribution in [0.15, 0.2) is 27.8 Å². The Labute approximate surface area is 147 Å². The molecular weight excluding hydrogens is 348 g/mol. The Morgan fingerprint density at radius 1 is 1.32 bits per heavy atom. The Morgan fingerprint density at radius 2 is 2.12 bits per heavy atom. The van der Waals surface area contributed by atoms with Crippen LogP contribution in [0.25, 0.3) is 11.5 Å². The fraction of sp³-hybridized carbons (Fsp3) is 0.333. The molecule has 25 heavy (non-hydrogen) atoms.